The maximum atomic E-state index is 13.5. The van der Waals surface area contributed by atoms with Crippen LogP contribution in [-0.4, -0.2) is 87.6 Å². The molecule has 2 fully saturated rings. The van der Waals surface area contributed by atoms with Crippen molar-refractivity contribution in [1.82, 2.24) is 9.80 Å². The number of hydrogen-bond donors (Lipinski definition) is 1. The van der Waals surface area contributed by atoms with Crippen molar-refractivity contribution in [2.45, 2.75) is 18.3 Å². The van der Waals surface area contributed by atoms with Crippen molar-refractivity contribution in [1.29, 1.82) is 0 Å². The van der Waals surface area contributed by atoms with Gasteiger partial charge in [-0.1, -0.05) is 0 Å². The standard InChI is InChI=1S/C28H32N2O8/c1-29-4-6-30(7-5-29)24(31)12-17-16-10-20-21(38-14-37-20)11-18(16)25(26-19(17)13-36-28(26)33)15-8-22(34-2)27(32)23(9-15)35-3/h8-11,17,19,25-26,32H,4-7,12-14H2,1-3H3/t17-,19-,25-,26+/m1/s1. The normalized spacial score (nSPS) is 26.0. The number of ether oxygens (including phenoxy) is 5. The lowest BCUT2D eigenvalue weighted by atomic mass is 9.62. The number of amides is 1. The highest BCUT2D eigenvalue weighted by atomic mass is 16.7. The molecule has 38 heavy (non-hydrogen) atoms. The Bertz CT molecular complexity index is 1250. The molecule has 0 aromatic heterocycles. The van der Waals surface area contributed by atoms with E-state index in [-0.39, 0.29) is 60.8 Å². The molecule has 2 saturated heterocycles. The van der Waals surface area contributed by atoms with Crippen molar-refractivity contribution in [2.75, 3.05) is 60.8 Å². The van der Waals surface area contributed by atoms with E-state index in [4.69, 9.17) is 23.7 Å². The van der Waals surface area contributed by atoms with Crippen LogP contribution in [0.3, 0.4) is 0 Å². The van der Waals surface area contributed by atoms with E-state index >= 15 is 0 Å². The number of rotatable bonds is 5. The van der Waals surface area contributed by atoms with E-state index in [1.165, 1.54) is 14.2 Å². The predicted molar refractivity (Wildman–Crippen MR) is 135 cm³/mol. The first kappa shape index (κ1) is 24.7. The van der Waals surface area contributed by atoms with Gasteiger partial charge in [-0.3, -0.25) is 9.59 Å². The zero-order chi connectivity index (χ0) is 26.6. The van der Waals surface area contributed by atoms with Crippen LogP contribution in [0, 0.1) is 11.8 Å². The third-order valence-corrected chi connectivity index (χ3v) is 8.45. The van der Waals surface area contributed by atoms with Crippen LogP contribution in [0.25, 0.3) is 0 Å². The molecule has 1 N–H and O–H groups in total. The minimum absolute atomic E-state index is 0.0798. The van der Waals surface area contributed by atoms with Gasteiger partial charge < -0.3 is 38.6 Å². The lowest BCUT2D eigenvalue weighted by Crippen LogP contribution is -2.48. The minimum atomic E-state index is -0.521. The summed E-state index contributed by atoms with van der Waals surface area (Å²) in [5.74, 6) is 0.0236. The quantitative estimate of drug-likeness (QED) is 0.590. The molecule has 0 saturated carbocycles. The molecule has 0 bridgehead atoms. The molecule has 1 amide bonds. The fourth-order valence-corrected chi connectivity index (χ4v) is 6.41. The first-order chi connectivity index (χ1) is 18.4. The lowest BCUT2D eigenvalue weighted by molar-refractivity contribution is -0.141. The number of piperazine rings is 1. The second-order valence-corrected chi connectivity index (χ2v) is 10.4. The lowest BCUT2D eigenvalue weighted by Gasteiger charge is -2.40. The van der Waals surface area contributed by atoms with Crippen LogP contribution in [0.2, 0.25) is 0 Å². The predicted octanol–water partition coefficient (Wildman–Crippen LogP) is 2.32. The second kappa shape index (κ2) is 9.58. The highest BCUT2D eigenvalue weighted by molar-refractivity contribution is 5.81. The first-order valence-electron chi connectivity index (χ1n) is 12.9. The molecule has 4 aliphatic rings. The topological polar surface area (TPSA) is 107 Å². The SMILES string of the molecule is COc1cc([C@@H]2c3cc4c(cc3[C@@H](CC(=O)N3CCN(C)CC3)[C@H]3COC(=O)[C@H]23)OCO4)cc(OC)c1O. The van der Waals surface area contributed by atoms with Crippen LogP contribution in [0.1, 0.15) is 34.9 Å². The van der Waals surface area contributed by atoms with Crippen molar-refractivity contribution in [3.63, 3.8) is 0 Å². The van der Waals surface area contributed by atoms with Crippen LogP contribution < -0.4 is 18.9 Å². The maximum Gasteiger partial charge on any atom is 0.310 e. The first-order valence-corrected chi connectivity index (χ1v) is 12.9. The molecular weight excluding hydrogens is 492 g/mol. The average Bonchev–Trinajstić information content (AvgIpc) is 3.54. The summed E-state index contributed by atoms with van der Waals surface area (Å²) in [6.45, 7) is 3.41. The van der Waals surface area contributed by atoms with Gasteiger partial charge in [0.25, 0.3) is 0 Å². The summed E-state index contributed by atoms with van der Waals surface area (Å²) in [4.78, 5) is 30.9. The van der Waals surface area contributed by atoms with Gasteiger partial charge in [-0.2, -0.15) is 0 Å². The van der Waals surface area contributed by atoms with Crippen LogP contribution in [0.15, 0.2) is 24.3 Å². The van der Waals surface area contributed by atoms with Gasteiger partial charge >= 0.3 is 5.97 Å². The monoisotopic (exact) mass is 524 g/mol. The Morgan fingerprint density at radius 3 is 2.24 bits per heavy atom. The van der Waals surface area contributed by atoms with Gasteiger partial charge in [0.15, 0.2) is 23.0 Å². The number of esters is 1. The van der Waals surface area contributed by atoms with E-state index in [2.05, 4.69) is 11.9 Å². The highest BCUT2D eigenvalue weighted by Crippen LogP contribution is 2.57. The van der Waals surface area contributed by atoms with Crippen LogP contribution in [0.4, 0.5) is 0 Å². The molecule has 4 atom stereocenters. The fourth-order valence-electron chi connectivity index (χ4n) is 6.41. The van der Waals surface area contributed by atoms with Crippen molar-refractivity contribution in [3.8, 4) is 28.7 Å². The number of phenolic OH excluding ortho intramolecular Hbond substituents is 1. The van der Waals surface area contributed by atoms with E-state index in [0.717, 1.165) is 29.8 Å². The molecule has 202 valence electrons. The third kappa shape index (κ3) is 3.98. The Hall–Kier alpha value is -3.66. The molecule has 1 aliphatic carbocycles. The molecule has 0 spiro atoms. The number of fused-ring (bicyclic) bond motifs is 3. The van der Waals surface area contributed by atoms with Crippen LogP contribution in [-0.2, 0) is 14.3 Å². The number of benzene rings is 2. The summed E-state index contributed by atoms with van der Waals surface area (Å²) in [5, 5.41) is 10.5. The van der Waals surface area contributed by atoms with Crippen LogP contribution in [0.5, 0.6) is 28.7 Å². The van der Waals surface area contributed by atoms with Gasteiger partial charge in [0.2, 0.25) is 18.4 Å². The van der Waals surface area contributed by atoms with Gasteiger partial charge in [0.1, 0.15) is 0 Å². The highest BCUT2D eigenvalue weighted by Gasteiger charge is 2.53. The summed E-state index contributed by atoms with van der Waals surface area (Å²) in [6.07, 6.45) is 0.281. The Morgan fingerprint density at radius 2 is 1.61 bits per heavy atom. The smallest absolute Gasteiger partial charge is 0.310 e. The van der Waals surface area contributed by atoms with Gasteiger partial charge in [-0.15, -0.1) is 0 Å². The van der Waals surface area contributed by atoms with Gasteiger partial charge in [-0.05, 0) is 53.9 Å². The molecule has 0 radical (unpaired) electrons. The number of methoxy groups -OCH3 is 2. The number of likely N-dealkylation sites (N-methyl/N-ethyl adjacent to an activating group) is 1. The van der Waals surface area contributed by atoms with Crippen molar-refractivity contribution in [2.24, 2.45) is 11.8 Å². The molecular formula is C28H32N2O8. The summed E-state index contributed by atoms with van der Waals surface area (Å²) < 4.78 is 27.9. The Labute approximate surface area is 221 Å². The molecule has 0 unspecified atom stereocenters. The second-order valence-electron chi connectivity index (χ2n) is 10.4. The average molecular weight is 525 g/mol. The molecule has 6 rings (SSSR count). The van der Waals surface area contributed by atoms with Gasteiger partial charge in [0.05, 0.1) is 26.7 Å². The number of carbonyl (C=O) groups excluding carboxylic acids is 2. The summed E-state index contributed by atoms with van der Waals surface area (Å²) in [7, 11) is 5.00. The zero-order valence-electron chi connectivity index (χ0n) is 21.8. The third-order valence-electron chi connectivity index (χ3n) is 8.45. The largest absolute Gasteiger partial charge is 0.502 e. The van der Waals surface area contributed by atoms with Crippen LogP contribution >= 0.6 is 0 Å². The number of cyclic esters (lactones) is 1. The van der Waals surface area contributed by atoms with E-state index < -0.39 is 11.8 Å². The number of hydrogen-bond acceptors (Lipinski definition) is 9. The maximum absolute atomic E-state index is 13.5. The van der Waals surface area contributed by atoms with E-state index in [9.17, 15) is 14.7 Å². The number of aromatic hydroxyl groups is 1. The van der Waals surface area contributed by atoms with Gasteiger partial charge in [0, 0.05) is 44.4 Å². The van der Waals surface area contributed by atoms with E-state index in [1.54, 1.807) is 12.1 Å². The summed E-state index contributed by atoms with van der Waals surface area (Å²) >= 11 is 0. The Balaban J connectivity index is 1.46. The molecule has 10 heteroatoms. The van der Waals surface area contributed by atoms with Crippen molar-refractivity contribution in [3.05, 3.63) is 41.0 Å². The number of nitrogens with zero attached hydrogens (tertiary/aromatic N) is 2. The Kier molecular flexibility index (Phi) is 6.22. The molecule has 2 aromatic rings. The minimum Gasteiger partial charge on any atom is -0.502 e. The summed E-state index contributed by atoms with van der Waals surface area (Å²) in [6, 6.07) is 7.34. The molecule has 3 aliphatic heterocycles. The molecule has 10 nitrogen and oxygen atoms in total. The summed E-state index contributed by atoms with van der Waals surface area (Å²) in [5.41, 5.74) is 2.57. The number of carbonyl (C=O) groups is 2. The van der Waals surface area contributed by atoms with E-state index in [0.29, 0.717) is 24.6 Å². The van der Waals surface area contributed by atoms with Crippen molar-refractivity contribution >= 4 is 11.9 Å². The van der Waals surface area contributed by atoms with Crippen molar-refractivity contribution < 1.29 is 38.4 Å². The zero-order valence-corrected chi connectivity index (χ0v) is 21.8. The van der Waals surface area contributed by atoms with E-state index in [1.807, 2.05) is 17.0 Å². The molecule has 2 aromatic carbocycles. The number of phenols is 1. The van der Waals surface area contributed by atoms with Gasteiger partial charge in [-0.25, -0.2) is 0 Å². The molecule has 3 heterocycles. The fraction of sp³-hybridized carbons (Fsp3) is 0.500. The Morgan fingerprint density at radius 1 is 0.974 bits per heavy atom.